The molecule has 0 atom stereocenters. The zero-order valence-corrected chi connectivity index (χ0v) is 14.3. The first-order valence-corrected chi connectivity index (χ1v) is 8.79. The molecule has 0 saturated heterocycles. The van der Waals surface area contributed by atoms with Crippen molar-refractivity contribution in [1.82, 2.24) is 5.32 Å². The predicted octanol–water partition coefficient (Wildman–Crippen LogP) is 4.29. The van der Waals surface area contributed by atoms with Gasteiger partial charge in [-0.1, -0.05) is 66.7 Å². The third-order valence-corrected chi connectivity index (χ3v) is 4.48. The lowest BCUT2D eigenvalue weighted by molar-refractivity contribution is -0.115. The summed E-state index contributed by atoms with van der Waals surface area (Å²) in [5.41, 5.74) is 1.95. The normalized spacial score (nSPS) is 11.1. The Kier molecular flexibility index (Phi) is 5.54. The Morgan fingerprint density at radius 3 is 2.08 bits per heavy atom. The molecule has 0 radical (unpaired) electrons. The fourth-order valence-corrected chi connectivity index (χ4v) is 3.05. The molecule has 0 saturated carbocycles. The molecule has 0 aliphatic carbocycles. The molecule has 0 aliphatic rings. The van der Waals surface area contributed by atoms with Crippen LogP contribution >= 0.6 is 11.3 Å². The SMILES string of the molecule is O=C(NCC(=O)c1ccccc1)C(=Cc1cccs1)c1ccccc1. The molecule has 0 fully saturated rings. The summed E-state index contributed by atoms with van der Waals surface area (Å²) in [7, 11) is 0. The van der Waals surface area contributed by atoms with Gasteiger partial charge in [-0.15, -0.1) is 11.3 Å². The monoisotopic (exact) mass is 347 g/mol. The first-order valence-electron chi connectivity index (χ1n) is 7.91. The molecular weight excluding hydrogens is 330 g/mol. The first kappa shape index (κ1) is 16.9. The Morgan fingerprint density at radius 1 is 0.840 bits per heavy atom. The molecule has 1 N–H and O–H groups in total. The third-order valence-electron chi connectivity index (χ3n) is 3.66. The van der Waals surface area contributed by atoms with E-state index in [4.69, 9.17) is 0 Å². The topological polar surface area (TPSA) is 46.2 Å². The number of hydrogen-bond donors (Lipinski definition) is 1. The second kappa shape index (κ2) is 8.22. The summed E-state index contributed by atoms with van der Waals surface area (Å²) < 4.78 is 0. The molecule has 3 nitrogen and oxygen atoms in total. The van der Waals surface area contributed by atoms with E-state index in [0.717, 1.165) is 10.4 Å². The summed E-state index contributed by atoms with van der Waals surface area (Å²) in [6.07, 6.45) is 1.85. The number of carbonyl (C=O) groups excluding carboxylic acids is 2. The van der Waals surface area contributed by atoms with E-state index >= 15 is 0 Å². The van der Waals surface area contributed by atoms with Crippen molar-refractivity contribution in [2.24, 2.45) is 0 Å². The number of rotatable bonds is 6. The standard InChI is InChI=1S/C21H17NO2S/c23-20(17-10-5-2-6-11-17)15-22-21(24)19(14-18-12-7-13-25-18)16-8-3-1-4-9-16/h1-14H,15H2,(H,22,24). The Morgan fingerprint density at radius 2 is 1.48 bits per heavy atom. The van der Waals surface area contributed by atoms with E-state index in [1.54, 1.807) is 35.6 Å². The van der Waals surface area contributed by atoms with Crippen LogP contribution in [0.1, 0.15) is 20.8 Å². The van der Waals surface area contributed by atoms with Crippen LogP contribution < -0.4 is 5.32 Å². The minimum absolute atomic E-state index is 0.0303. The summed E-state index contributed by atoms with van der Waals surface area (Å²) in [5, 5.41) is 4.70. The highest BCUT2D eigenvalue weighted by molar-refractivity contribution is 7.11. The highest BCUT2D eigenvalue weighted by Crippen LogP contribution is 2.21. The Bertz CT molecular complexity index is 869. The summed E-state index contributed by atoms with van der Waals surface area (Å²) in [6, 6.07) is 22.3. The number of hydrogen-bond acceptors (Lipinski definition) is 3. The predicted molar refractivity (Wildman–Crippen MR) is 102 cm³/mol. The van der Waals surface area contributed by atoms with E-state index in [9.17, 15) is 9.59 Å². The molecule has 3 rings (SSSR count). The molecule has 0 unspecified atom stereocenters. The average molecular weight is 347 g/mol. The van der Waals surface area contributed by atoms with Gasteiger partial charge in [0, 0.05) is 16.0 Å². The van der Waals surface area contributed by atoms with Gasteiger partial charge in [0.05, 0.1) is 6.54 Å². The lowest BCUT2D eigenvalue weighted by Gasteiger charge is -2.09. The van der Waals surface area contributed by atoms with Crippen LogP contribution in [0.3, 0.4) is 0 Å². The third kappa shape index (κ3) is 4.52. The van der Waals surface area contributed by atoms with Crippen LogP contribution in [0, 0.1) is 0 Å². The van der Waals surface area contributed by atoms with Crippen molar-refractivity contribution in [1.29, 1.82) is 0 Å². The second-order valence-corrected chi connectivity index (χ2v) is 6.39. The molecule has 1 aromatic heterocycles. The maximum absolute atomic E-state index is 12.7. The minimum atomic E-state index is -0.260. The summed E-state index contributed by atoms with van der Waals surface area (Å²) >= 11 is 1.56. The Labute approximate surface area is 150 Å². The molecule has 1 heterocycles. The van der Waals surface area contributed by atoms with Crippen LogP contribution in [-0.4, -0.2) is 18.2 Å². The summed E-state index contributed by atoms with van der Waals surface area (Å²) in [6.45, 7) is -0.0303. The number of Topliss-reactive ketones (excluding diaryl/α,β-unsaturated/α-hetero) is 1. The highest BCUT2D eigenvalue weighted by atomic mass is 32.1. The molecule has 0 spiro atoms. The van der Waals surface area contributed by atoms with Crippen molar-refractivity contribution in [3.8, 4) is 0 Å². The maximum atomic E-state index is 12.7. The zero-order valence-electron chi connectivity index (χ0n) is 13.5. The van der Waals surface area contributed by atoms with Gasteiger partial charge in [0.1, 0.15) is 0 Å². The van der Waals surface area contributed by atoms with E-state index in [-0.39, 0.29) is 18.2 Å². The van der Waals surface area contributed by atoms with Gasteiger partial charge in [-0.3, -0.25) is 9.59 Å². The molecular formula is C21H17NO2S. The van der Waals surface area contributed by atoms with E-state index in [0.29, 0.717) is 11.1 Å². The van der Waals surface area contributed by atoms with Crippen molar-refractivity contribution in [2.75, 3.05) is 6.54 Å². The Balaban J connectivity index is 1.77. The first-order chi connectivity index (χ1) is 12.2. The van der Waals surface area contributed by atoms with Crippen LogP contribution in [0.15, 0.2) is 78.2 Å². The van der Waals surface area contributed by atoms with E-state index < -0.39 is 0 Å². The number of carbonyl (C=O) groups is 2. The fourth-order valence-electron chi connectivity index (χ4n) is 2.40. The smallest absolute Gasteiger partial charge is 0.252 e. The van der Waals surface area contributed by atoms with Crippen molar-refractivity contribution in [3.05, 3.63) is 94.2 Å². The molecule has 1 amide bonds. The molecule has 0 aliphatic heterocycles. The number of thiophene rings is 1. The van der Waals surface area contributed by atoms with Crippen LogP contribution in [0.5, 0.6) is 0 Å². The molecule has 25 heavy (non-hydrogen) atoms. The number of benzene rings is 2. The van der Waals surface area contributed by atoms with E-state index in [1.807, 2.05) is 60.0 Å². The van der Waals surface area contributed by atoms with Crippen molar-refractivity contribution < 1.29 is 9.59 Å². The quantitative estimate of drug-likeness (QED) is 0.534. The number of ketones is 1. The maximum Gasteiger partial charge on any atom is 0.252 e. The van der Waals surface area contributed by atoms with Gasteiger partial charge in [-0.25, -0.2) is 0 Å². The molecule has 4 heteroatoms. The van der Waals surface area contributed by atoms with Gasteiger partial charge in [0.2, 0.25) is 0 Å². The van der Waals surface area contributed by atoms with Gasteiger partial charge in [0.25, 0.3) is 5.91 Å². The van der Waals surface area contributed by atoms with Crippen molar-refractivity contribution >= 4 is 34.7 Å². The fraction of sp³-hybridized carbons (Fsp3) is 0.0476. The molecule has 2 aromatic carbocycles. The summed E-state index contributed by atoms with van der Waals surface area (Å²) in [4.78, 5) is 25.9. The van der Waals surface area contributed by atoms with Crippen LogP contribution in [0.4, 0.5) is 0 Å². The van der Waals surface area contributed by atoms with E-state index in [1.165, 1.54) is 0 Å². The number of amides is 1. The Hall–Kier alpha value is -2.98. The average Bonchev–Trinajstić information content (AvgIpc) is 3.18. The van der Waals surface area contributed by atoms with Crippen LogP contribution in [0.2, 0.25) is 0 Å². The van der Waals surface area contributed by atoms with Gasteiger partial charge < -0.3 is 5.32 Å². The van der Waals surface area contributed by atoms with Gasteiger partial charge in [0.15, 0.2) is 5.78 Å². The van der Waals surface area contributed by atoms with E-state index in [2.05, 4.69) is 5.32 Å². The van der Waals surface area contributed by atoms with Gasteiger partial charge in [-0.05, 0) is 23.1 Å². The largest absolute Gasteiger partial charge is 0.345 e. The van der Waals surface area contributed by atoms with Crippen molar-refractivity contribution in [3.63, 3.8) is 0 Å². The second-order valence-electron chi connectivity index (χ2n) is 5.41. The molecule has 3 aromatic rings. The lowest BCUT2D eigenvalue weighted by atomic mass is 10.0. The van der Waals surface area contributed by atoms with Crippen LogP contribution in [-0.2, 0) is 4.79 Å². The van der Waals surface area contributed by atoms with Crippen molar-refractivity contribution in [2.45, 2.75) is 0 Å². The zero-order chi connectivity index (χ0) is 17.5. The molecule has 0 bridgehead atoms. The highest BCUT2D eigenvalue weighted by Gasteiger charge is 2.14. The van der Waals surface area contributed by atoms with Gasteiger partial charge in [-0.2, -0.15) is 0 Å². The number of nitrogens with one attached hydrogen (secondary N) is 1. The summed E-state index contributed by atoms with van der Waals surface area (Å²) in [5.74, 6) is -0.374. The van der Waals surface area contributed by atoms with Crippen LogP contribution in [0.25, 0.3) is 11.6 Å². The lowest BCUT2D eigenvalue weighted by Crippen LogP contribution is -2.30. The minimum Gasteiger partial charge on any atom is -0.345 e. The van der Waals surface area contributed by atoms with Gasteiger partial charge >= 0.3 is 0 Å². The molecule has 124 valence electrons.